The molecule has 1 amide bonds. The molecular formula is C17H32N2O. The average molecular weight is 280 g/mol. The molecule has 2 aliphatic carbocycles. The molecule has 0 aromatic rings. The third-order valence-corrected chi connectivity index (χ3v) is 5.56. The maximum atomic E-state index is 12.4. The van der Waals surface area contributed by atoms with Gasteiger partial charge in [-0.1, -0.05) is 39.0 Å². The number of nitrogens with one attached hydrogen (secondary N) is 1. The van der Waals surface area contributed by atoms with Crippen LogP contribution in [0.3, 0.4) is 0 Å². The lowest BCUT2D eigenvalue weighted by molar-refractivity contribution is -0.126. The van der Waals surface area contributed by atoms with E-state index in [2.05, 4.69) is 12.2 Å². The highest BCUT2D eigenvalue weighted by Crippen LogP contribution is 2.32. The molecule has 0 radical (unpaired) electrons. The van der Waals surface area contributed by atoms with Gasteiger partial charge in [0, 0.05) is 12.5 Å². The van der Waals surface area contributed by atoms with E-state index in [4.69, 9.17) is 5.73 Å². The highest BCUT2D eigenvalue weighted by Gasteiger charge is 2.28. The van der Waals surface area contributed by atoms with Gasteiger partial charge in [-0.2, -0.15) is 0 Å². The zero-order chi connectivity index (χ0) is 14.4. The molecule has 2 saturated carbocycles. The van der Waals surface area contributed by atoms with Gasteiger partial charge in [-0.15, -0.1) is 0 Å². The van der Waals surface area contributed by atoms with Crippen molar-refractivity contribution in [1.82, 2.24) is 5.32 Å². The Labute approximate surface area is 124 Å². The summed E-state index contributed by atoms with van der Waals surface area (Å²) in [5, 5.41) is 3.24. The van der Waals surface area contributed by atoms with Crippen LogP contribution in [0, 0.1) is 23.7 Å². The van der Waals surface area contributed by atoms with Crippen LogP contribution in [0.1, 0.15) is 64.7 Å². The van der Waals surface area contributed by atoms with Crippen LogP contribution in [0.4, 0.5) is 0 Å². The predicted octanol–water partition coefficient (Wildman–Crippen LogP) is 3.08. The molecule has 0 saturated heterocycles. The second kappa shape index (κ2) is 8.02. The van der Waals surface area contributed by atoms with E-state index in [0.29, 0.717) is 17.7 Å². The van der Waals surface area contributed by atoms with E-state index < -0.39 is 0 Å². The summed E-state index contributed by atoms with van der Waals surface area (Å²) >= 11 is 0. The lowest BCUT2D eigenvalue weighted by Gasteiger charge is -2.31. The molecule has 2 rings (SSSR count). The molecule has 116 valence electrons. The Balaban J connectivity index is 1.73. The van der Waals surface area contributed by atoms with Gasteiger partial charge in [-0.05, 0) is 50.0 Å². The van der Waals surface area contributed by atoms with Gasteiger partial charge in [0.25, 0.3) is 0 Å². The van der Waals surface area contributed by atoms with Gasteiger partial charge in [0.2, 0.25) is 5.91 Å². The van der Waals surface area contributed by atoms with Gasteiger partial charge in [0.15, 0.2) is 0 Å². The fourth-order valence-electron chi connectivity index (χ4n) is 4.10. The minimum Gasteiger partial charge on any atom is -0.356 e. The topological polar surface area (TPSA) is 55.1 Å². The smallest absolute Gasteiger partial charge is 0.223 e. The summed E-state index contributed by atoms with van der Waals surface area (Å²) < 4.78 is 0. The van der Waals surface area contributed by atoms with Gasteiger partial charge < -0.3 is 11.1 Å². The minimum atomic E-state index is 0.249. The third-order valence-electron chi connectivity index (χ3n) is 5.56. The number of carbonyl (C=O) groups excluding carboxylic acids is 1. The van der Waals surface area contributed by atoms with E-state index in [1.807, 2.05) is 0 Å². The number of amides is 1. The largest absolute Gasteiger partial charge is 0.356 e. The van der Waals surface area contributed by atoms with Crippen LogP contribution in [0.15, 0.2) is 0 Å². The second-order valence-electron chi connectivity index (χ2n) is 7.07. The van der Waals surface area contributed by atoms with Crippen LogP contribution in [0.5, 0.6) is 0 Å². The Morgan fingerprint density at radius 2 is 1.95 bits per heavy atom. The van der Waals surface area contributed by atoms with Gasteiger partial charge in [0.1, 0.15) is 0 Å². The Bertz CT molecular complexity index is 303. The lowest BCUT2D eigenvalue weighted by Crippen LogP contribution is -2.38. The first kappa shape index (κ1) is 15.8. The first-order valence-electron chi connectivity index (χ1n) is 8.68. The fourth-order valence-corrected chi connectivity index (χ4v) is 4.10. The maximum absolute atomic E-state index is 12.4. The number of hydrogen-bond donors (Lipinski definition) is 2. The molecule has 0 bridgehead atoms. The highest BCUT2D eigenvalue weighted by atomic mass is 16.1. The summed E-state index contributed by atoms with van der Waals surface area (Å²) in [6, 6.07) is 0. The predicted molar refractivity (Wildman–Crippen MR) is 83.3 cm³/mol. The van der Waals surface area contributed by atoms with E-state index in [-0.39, 0.29) is 5.92 Å². The molecule has 2 aliphatic rings. The summed E-state index contributed by atoms with van der Waals surface area (Å²) in [6.07, 6.45) is 11.0. The average Bonchev–Trinajstić information content (AvgIpc) is 2.47. The normalized spacial score (nSPS) is 34.7. The molecule has 4 atom stereocenters. The van der Waals surface area contributed by atoms with Crippen molar-refractivity contribution in [3.05, 3.63) is 0 Å². The van der Waals surface area contributed by atoms with Crippen molar-refractivity contribution in [3.8, 4) is 0 Å². The van der Waals surface area contributed by atoms with Crippen LogP contribution in [0.25, 0.3) is 0 Å². The number of nitrogens with two attached hydrogens (primary N) is 1. The van der Waals surface area contributed by atoms with Crippen LogP contribution in [-0.4, -0.2) is 19.0 Å². The van der Waals surface area contributed by atoms with E-state index >= 15 is 0 Å². The van der Waals surface area contributed by atoms with Crippen LogP contribution < -0.4 is 11.1 Å². The Morgan fingerprint density at radius 3 is 2.70 bits per heavy atom. The number of hydrogen-bond acceptors (Lipinski definition) is 2. The van der Waals surface area contributed by atoms with Crippen molar-refractivity contribution in [2.75, 3.05) is 13.1 Å². The van der Waals surface area contributed by atoms with Crippen molar-refractivity contribution in [1.29, 1.82) is 0 Å². The lowest BCUT2D eigenvalue weighted by atomic mass is 9.78. The quantitative estimate of drug-likeness (QED) is 0.813. The van der Waals surface area contributed by atoms with Gasteiger partial charge in [0.05, 0.1) is 0 Å². The maximum Gasteiger partial charge on any atom is 0.223 e. The fraction of sp³-hybridized carbons (Fsp3) is 0.941. The SMILES string of the molecule is CC1CCCCC1CNC(=O)C1CCCC(CCN)C1. The highest BCUT2D eigenvalue weighted by molar-refractivity contribution is 5.78. The zero-order valence-corrected chi connectivity index (χ0v) is 13.1. The van der Waals surface area contributed by atoms with Crippen LogP contribution in [0.2, 0.25) is 0 Å². The summed E-state index contributed by atoms with van der Waals surface area (Å²) in [5.74, 6) is 2.72. The van der Waals surface area contributed by atoms with E-state index in [0.717, 1.165) is 38.3 Å². The van der Waals surface area contributed by atoms with Gasteiger partial charge in [-0.25, -0.2) is 0 Å². The molecule has 3 nitrogen and oxygen atoms in total. The summed E-state index contributed by atoms with van der Waals surface area (Å²) in [7, 11) is 0. The second-order valence-corrected chi connectivity index (χ2v) is 7.07. The Morgan fingerprint density at radius 1 is 1.15 bits per heavy atom. The summed E-state index contributed by atoms with van der Waals surface area (Å²) in [4.78, 5) is 12.4. The first-order valence-corrected chi connectivity index (χ1v) is 8.68. The monoisotopic (exact) mass is 280 g/mol. The van der Waals surface area contributed by atoms with Crippen LogP contribution in [-0.2, 0) is 4.79 Å². The Hall–Kier alpha value is -0.570. The van der Waals surface area contributed by atoms with Gasteiger partial charge >= 0.3 is 0 Å². The van der Waals surface area contributed by atoms with E-state index in [9.17, 15) is 4.79 Å². The van der Waals surface area contributed by atoms with Gasteiger partial charge in [-0.3, -0.25) is 4.79 Å². The van der Waals surface area contributed by atoms with Crippen molar-refractivity contribution in [3.63, 3.8) is 0 Å². The van der Waals surface area contributed by atoms with Crippen molar-refractivity contribution in [2.45, 2.75) is 64.7 Å². The number of rotatable bonds is 5. The first-order chi connectivity index (χ1) is 9.70. The molecule has 4 unspecified atom stereocenters. The molecule has 0 heterocycles. The summed E-state index contributed by atoms with van der Waals surface area (Å²) in [5.41, 5.74) is 5.65. The Kier molecular flexibility index (Phi) is 6.34. The molecule has 0 aromatic carbocycles. The van der Waals surface area contributed by atoms with Crippen molar-refractivity contribution >= 4 is 5.91 Å². The molecule has 2 fully saturated rings. The molecule has 20 heavy (non-hydrogen) atoms. The number of carbonyl (C=O) groups is 1. The van der Waals surface area contributed by atoms with E-state index in [1.165, 1.54) is 38.5 Å². The molecule has 0 spiro atoms. The molecule has 3 N–H and O–H groups in total. The molecule has 0 aromatic heterocycles. The van der Waals surface area contributed by atoms with Crippen molar-refractivity contribution in [2.24, 2.45) is 29.4 Å². The van der Waals surface area contributed by atoms with Crippen LogP contribution >= 0.6 is 0 Å². The summed E-state index contributed by atoms with van der Waals surface area (Å²) in [6.45, 7) is 4.00. The van der Waals surface area contributed by atoms with E-state index in [1.54, 1.807) is 0 Å². The van der Waals surface area contributed by atoms with Crippen molar-refractivity contribution < 1.29 is 4.79 Å². The molecule has 0 aliphatic heterocycles. The molecular weight excluding hydrogens is 248 g/mol. The molecule has 3 heteroatoms. The standard InChI is InChI=1S/C17H32N2O/c1-13-5-2-3-7-16(13)12-19-17(20)15-8-4-6-14(11-15)9-10-18/h13-16H,2-12,18H2,1H3,(H,19,20). The zero-order valence-electron chi connectivity index (χ0n) is 13.1. The third kappa shape index (κ3) is 4.47. The minimum absolute atomic E-state index is 0.249.